The topological polar surface area (TPSA) is 70.7 Å². The van der Waals surface area contributed by atoms with Crippen molar-refractivity contribution >= 4 is 5.91 Å². The molecule has 5 nitrogen and oxygen atoms in total. The molecule has 5 heteroatoms. The molecule has 1 fully saturated rings. The van der Waals surface area contributed by atoms with Crippen LogP contribution in [0.25, 0.3) is 11.3 Å². The van der Waals surface area contributed by atoms with Gasteiger partial charge in [0.15, 0.2) is 0 Å². The van der Waals surface area contributed by atoms with Crippen molar-refractivity contribution < 1.29 is 4.79 Å². The second-order valence-corrected chi connectivity index (χ2v) is 6.59. The highest BCUT2D eigenvalue weighted by Crippen LogP contribution is 2.40. The van der Waals surface area contributed by atoms with E-state index in [-0.39, 0.29) is 11.9 Å². The number of aromatic nitrogens is 3. The van der Waals surface area contributed by atoms with E-state index in [0.29, 0.717) is 11.5 Å². The highest BCUT2D eigenvalue weighted by molar-refractivity contribution is 5.94. The molecule has 0 spiro atoms. The van der Waals surface area contributed by atoms with Crippen molar-refractivity contribution in [2.75, 3.05) is 0 Å². The summed E-state index contributed by atoms with van der Waals surface area (Å²) in [6, 6.07) is 13.5. The summed E-state index contributed by atoms with van der Waals surface area (Å²) in [5.41, 5.74) is 4.71. The van der Waals surface area contributed by atoms with Crippen molar-refractivity contribution in [1.29, 1.82) is 0 Å². The molecule has 0 saturated heterocycles. The van der Waals surface area contributed by atoms with E-state index >= 15 is 0 Å². The molecule has 2 aromatic heterocycles. The summed E-state index contributed by atoms with van der Waals surface area (Å²) in [4.78, 5) is 17.2. The Kier molecular flexibility index (Phi) is 4.06. The Balaban J connectivity index is 1.52. The molecular formula is C20H20N4O. The van der Waals surface area contributed by atoms with Gasteiger partial charge in [-0.25, -0.2) is 0 Å². The Bertz CT molecular complexity index is 867. The van der Waals surface area contributed by atoms with Crippen LogP contribution in [0.2, 0.25) is 0 Å². The second kappa shape index (κ2) is 6.51. The molecule has 0 unspecified atom stereocenters. The maximum Gasteiger partial charge on any atom is 0.251 e. The number of nitrogens with one attached hydrogen (secondary N) is 2. The Morgan fingerprint density at radius 3 is 2.60 bits per heavy atom. The molecule has 3 aromatic rings. The van der Waals surface area contributed by atoms with Crippen LogP contribution in [0.1, 0.15) is 40.5 Å². The minimum absolute atomic E-state index is 0.0142. The maximum absolute atomic E-state index is 12.7. The Morgan fingerprint density at radius 1 is 1.16 bits per heavy atom. The van der Waals surface area contributed by atoms with Crippen LogP contribution in [0, 0.1) is 12.8 Å². The summed E-state index contributed by atoms with van der Waals surface area (Å²) in [5, 5.41) is 10.0. The van der Waals surface area contributed by atoms with E-state index in [9.17, 15) is 4.79 Å². The van der Waals surface area contributed by atoms with Gasteiger partial charge in [-0.2, -0.15) is 5.10 Å². The molecule has 1 aromatic carbocycles. The quantitative estimate of drug-likeness (QED) is 0.749. The molecule has 0 bridgehead atoms. The van der Waals surface area contributed by atoms with Crippen LogP contribution in [0.15, 0.2) is 54.9 Å². The van der Waals surface area contributed by atoms with Gasteiger partial charge in [0.25, 0.3) is 5.91 Å². The van der Waals surface area contributed by atoms with Crippen LogP contribution >= 0.6 is 0 Å². The number of benzene rings is 1. The fourth-order valence-corrected chi connectivity index (χ4v) is 3.03. The third kappa shape index (κ3) is 3.45. The fraction of sp³-hybridized carbons (Fsp3) is 0.250. The summed E-state index contributed by atoms with van der Waals surface area (Å²) in [7, 11) is 0. The zero-order valence-corrected chi connectivity index (χ0v) is 14.1. The van der Waals surface area contributed by atoms with Crippen LogP contribution in [-0.4, -0.2) is 21.1 Å². The zero-order valence-electron chi connectivity index (χ0n) is 14.1. The lowest BCUT2D eigenvalue weighted by Crippen LogP contribution is -2.30. The first-order chi connectivity index (χ1) is 12.2. The number of H-pyrrole nitrogens is 1. The van der Waals surface area contributed by atoms with Crippen molar-refractivity contribution in [3.05, 3.63) is 71.7 Å². The molecule has 4 rings (SSSR count). The average Bonchev–Trinajstić information content (AvgIpc) is 3.32. The number of hydrogen-bond acceptors (Lipinski definition) is 3. The van der Waals surface area contributed by atoms with E-state index in [1.165, 1.54) is 0 Å². The number of carbonyl (C=O) groups is 1. The summed E-state index contributed by atoms with van der Waals surface area (Å²) >= 11 is 0. The van der Waals surface area contributed by atoms with Crippen LogP contribution in [-0.2, 0) is 0 Å². The predicted octanol–water partition coefficient (Wildman–Crippen LogP) is 3.66. The van der Waals surface area contributed by atoms with Gasteiger partial charge in [0, 0.05) is 18.0 Å². The van der Waals surface area contributed by atoms with E-state index in [0.717, 1.165) is 35.4 Å². The molecule has 1 aliphatic rings. The molecule has 1 saturated carbocycles. The fourth-order valence-electron chi connectivity index (χ4n) is 3.03. The van der Waals surface area contributed by atoms with E-state index in [4.69, 9.17) is 0 Å². The number of carbonyl (C=O) groups excluding carboxylic acids is 1. The summed E-state index contributed by atoms with van der Waals surface area (Å²) in [5.74, 6) is 0.430. The van der Waals surface area contributed by atoms with Crippen molar-refractivity contribution in [1.82, 2.24) is 20.5 Å². The van der Waals surface area contributed by atoms with Crippen LogP contribution in [0.5, 0.6) is 0 Å². The summed E-state index contributed by atoms with van der Waals surface area (Å²) in [6.07, 6.45) is 5.80. The second-order valence-electron chi connectivity index (χ2n) is 6.59. The van der Waals surface area contributed by atoms with Gasteiger partial charge in [0.05, 0.1) is 17.4 Å². The first-order valence-electron chi connectivity index (χ1n) is 8.54. The van der Waals surface area contributed by atoms with Crippen molar-refractivity contribution in [2.24, 2.45) is 5.92 Å². The van der Waals surface area contributed by atoms with Crippen molar-refractivity contribution in [3.8, 4) is 11.3 Å². The summed E-state index contributed by atoms with van der Waals surface area (Å²) < 4.78 is 0. The van der Waals surface area contributed by atoms with Gasteiger partial charge in [-0.3, -0.25) is 14.9 Å². The third-order valence-electron chi connectivity index (χ3n) is 4.59. The summed E-state index contributed by atoms with van der Waals surface area (Å²) in [6.45, 7) is 2.05. The lowest BCUT2D eigenvalue weighted by molar-refractivity contribution is 0.0930. The zero-order chi connectivity index (χ0) is 17.2. The van der Waals surface area contributed by atoms with Crippen molar-refractivity contribution in [3.63, 3.8) is 0 Å². The molecule has 1 atom stereocenters. The molecule has 1 aliphatic carbocycles. The van der Waals surface area contributed by atoms with Gasteiger partial charge in [0.2, 0.25) is 0 Å². The number of amides is 1. The molecule has 126 valence electrons. The maximum atomic E-state index is 12.7. The van der Waals surface area contributed by atoms with E-state index in [1.807, 2.05) is 49.5 Å². The smallest absolute Gasteiger partial charge is 0.251 e. The first-order valence-corrected chi connectivity index (χ1v) is 8.54. The Labute approximate surface area is 146 Å². The Hall–Kier alpha value is -2.95. The lowest BCUT2D eigenvalue weighted by Gasteiger charge is -2.18. The molecule has 1 amide bonds. The van der Waals surface area contributed by atoms with Gasteiger partial charge in [-0.05, 0) is 67.1 Å². The predicted molar refractivity (Wildman–Crippen MR) is 95.9 cm³/mol. The molecule has 2 N–H and O–H groups in total. The minimum atomic E-state index is -0.0589. The van der Waals surface area contributed by atoms with Gasteiger partial charge in [-0.15, -0.1) is 0 Å². The number of aryl methyl sites for hydroxylation is 1. The molecule has 0 radical (unpaired) electrons. The number of hydrogen-bond donors (Lipinski definition) is 2. The standard InChI is InChI=1S/C20H20N4O/c1-13-8-10-21-18(12-13)19(15-4-5-15)23-20(25)16-6-2-14(3-7-16)17-9-11-22-24-17/h2-3,6-12,15,19H,4-5H2,1H3,(H,22,24)(H,23,25)/t19-/m1/s1. The molecule has 25 heavy (non-hydrogen) atoms. The van der Waals surface area contributed by atoms with Gasteiger partial charge < -0.3 is 5.32 Å². The number of aromatic amines is 1. The van der Waals surface area contributed by atoms with Crippen LogP contribution in [0.3, 0.4) is 0 Å². The largest absolute Gasteiger partial charge is 0.343 e. The van der Waals surface area contributed by atoms with E-state index in [2.05, 4.69) is 26.6 Å². The normalized spacial score (nSPS) is 14.9. The molecule has 0 aliphatic heterocycles. The molecule has 2 heterocycles. The number of nitrogens with zero attached hydrogens (tertiary/aromatic N) is 2. The van der Waals surface area contributed by atoms with Gasteiger partial charge in [-0.1, -0.05) is 12.1 Å². The highest BCUT2D eigenvalue weighted by atomic mass is 16.1. The van der Waals surface area contributed by atoms with Crippen LogP contribution < -0.4 is 5.32 Å². The highest BCUT2D eigenvalue weighted by Gasteiger charge is 2.34. The SMILES string of the molecule is Cc1ccnc([C@H](NC(=O)c2ccc(-c3ccn[nH]3)cc2)C2CC2)c1. The monoisotopic (exact) mass is 332 g/mol. The van der Waals surface area contributed by atoms with E-state index in [1.54, 1.807) is 6.20 Å². The van der Waals surface area contributed by atoms with Crippen LogP contribution in [0.4, 0.5) is 0 Å². The Morgan fingerprint density at radius 2 is 1.96 bits per heavy atom. The van der Waals surface area contributed by atoms with Gasteiger partial charge in [0.1, 0.15) is 0 Å². The van der Waals surface area contributed by atoms with Gasteiger partial charge >= 0.3 is 0 Å². The van der Waals surface area contributed by atoms with Crippen molar-refractivity contribution in [2.45, 2.75) is 25.8 Å². The minimum Gasteiger partial charge on any atom is -0.343 e. The first kappa shape index (κ1) is 15.6. The number of pyridine rings is 1. The average molecular weight is 332 g/mol. The van der Waals surface area contributed by atoms with E-state index < -0.39 is 0 Å². The number of rotatable bonds is 5. The molecular weight excluding hydrogens is 312 g/mol. The third-order valence-corrected chi connectivity index (χ3v) is 4.59. The lowest BCUT2D eigenvalue weighted by atomic mass is 10.0.